The lowest BCUT2D eigenvalue weighted by Crippen LogP contribution is -2.07. The Kier molecular flexibility index (Phi) is 2.16. The lowest BCUT2D eigenvalue weighted by atomic mass is 10.0. The van der Waals surface area contributed by atoms with Crippen molar-refractivity contribution in [2.75, 3.05) is 0 Å². The molecule has 1 aromatic carbocycles. The molecule has 72 valence electrons. The Morgan fingerprint density at radius 3 is 2.33 bits per heavy atom. The van der Waals surface area contributed by atoms with E-state index in [1.807, 2.05) is 12.1 Å². The van der Waals surface area contributed by atoms with Crippen LogP contribution in [-0.4, -0.2) is 6.21 Å². The summed E-state index contributed by atoms with van der Waals surface area (Å²) in [6.45, 7) is 0. The van der Waals surface area contributed by atoms with Gasteiger partial charge in [0.15, 0.2) is 4.33 Å². The summed E-state index contributed by atoms with van der Waals surface area (Å²) in [6, 6.07) is 6.85. The molecule has 1 aromatic rings. The van der Waals surface area contributed by atoms with Gasteiger partial charge in [-0.2, -0.15) is 10.5 Å². The van der Waals surface area contributed by atoms with E-state index in [0.29, 0.717) is 11.3 Å². The highest BCUT2D eigenvalue weighted by molar-refractivity contribution is 6.56. The molecule has 0 aliphatic carbocycles. The minimum absolute atomic E-state index is 0.257. The van der Waals surface area contributed by atoms with E-state index in [1.54, 1.807) is 0 Å². The molecule has 0 spiro atoms. The van der Waals surface area contributed by atoms with Crippen molar-refractivity contribution in [2.24, 2.45) is 4.99 Å². The van der Waals surface area contributed by atoms with Crippen LogP contribution in [0.5, 0.6) is 0 Å². The second-order valence-electron chi connectivity index (χ2n) is 3.02. The van der Waals surface area contributed by atoms with Gasteiger partial charge in [0.2, 0.25) is 0 Å². The van der Waals surface area contributed by atoms with Crippen molar-refractivity contribution in [3.8, 4) is 12.1 Å². The van der Waals surface area contributed by atoms with Gasteiger partial charge in [-0.3, -0.25) is 4.99 Å². The molecule has 0 aromatic heterocycles. The van der Waals surface area contributed by atoms with Gasteiger partial charge in [0.25, 0.3) is 0 Å². The van der Waals surface area contributed by atoms with Crippen LogP contribution < -0.4 is 0 Å². The van der Waals surface area contributed by atoms with E-state index in [-0.39, 0.29) is 11.1 Å². The molecule has 1 aliphatic heterocycles. The van der Waals surface area contributed by atoms with E-state index >= 15 is 0 Å². The van der Waals surface area contributed by atoms with Gasteiger partial charge in [0.1, 0.15) is 12.1 Å². The zero-order chi connectivity index (χ0) is 11.1. The number of rotatable bonds is 0. The molecule has 3 nitrogen and oxygen atoms in total. The minimum Gasteiger partial charge on any atom is -0.257 e. The maximum Gasteiger partial charge on any atom is 0.180 e. The van der Waals surface area contributed by atoms with Gasteiger partial charge in [-0.25, -0.2) is 0 Å². The number of benzene rings is 1. The van der Waals surface area contributed by atoms with E-state index in [4.69, 9.17) is 33.7 Å². The average Bonchev–Trinajstić information content (AvgIpc) is 2.52. The number of nitriles is 2. The summed E-state index contributed by atoms with van der Waals surface area (Å²) in [4.78, 5) is 3.99. The standard InChI is InChI=1S/C10H3Cl2N3/c11-10(12)5-15-9-2-7(4-14)6(3-13)1-8(9)10/h1-2,5H. The Labute approximate surface area is 96.2 Å². The number of nitrogens with zero attached hydrogens (tertiary/aromatic N) is 3. The Balaban J connectivity index is 2.72. The maximum absolute atomic E-state index is 8.82. The highest BCUT2D eigenvalue weighted by Gasteiger charge is 2.32. The number of alkyl halides is 2. The van der Waals surface area contributed by atoms with E-state index in [1.165, 1.54) is 18.3 Å². The van der Waals surface area contributed by atoms with Crippen LogP contribution >= 0.6 is 23.2 Å². The second kappa shape index (κ2) is 3.24. The molecule has 0 saturated carbocycles. The van der Waals surface area contributed by atoms with Gasteiger partial charge >= 0.3 is 0 Å². The van der Waals surface area contributed by atoms with Gasteiger partial charge in [-0.05, 0) is 12.1 Å². The van der Waals surface area contributed by atoms with Crippen molar-refractivity contribution in [3.63, 3.8) is 0 Å². The molecule has 1 heterocycles. The van der Waals surface area contributed by atoms with E-state index in [9.17, 15) is 0 Å². The summed E-state index contributed by atoms with van der Waals surface area (Å²) in [6.07, 6.45) is 1.38. The van der Waals surface area contributed by atoms with Crippen LogP contribution in [0.4, 0.5) is 5.69 Å². The van der Waals surface area contributed by atoms with Crippen molar-refractivity contribution < 1.29 is 0 Å². The van der Waals surface area contributed by atoms with Crippen LogP contribution in [0.1, 0.15) is 16.7 Å². The lowest BCUT2D eigenvalue weighted by molar-refractivity contribution is 1.23. The summed E-state index contributed by atoms with van der Waals surface area (Å²) in [5.74, 6) is 0. The van der Waals surface area contributed by atoms with Crippen LogP contribution in [-0.2, 0) is 4.33 Å². The molecule has 0 radical (unpaired) electrons. The summed E-state index contributed by atoms with van der Waals surface area (Å²) in [7, 11) is 0. The number of halogens is 2. The third-order valence-corrected chi connectivity index (χ3v) is 2.70. The number of fused-ring (bicyclic) bond motifs is 1. The summed E-state index contributed by atoms with van der Waals surface area (Å²) < 4.78 is -1.20. The maximum atomic E-state index is 8.82. The lowest BCUT2D eigenvalue weighted by Gasteiger charge is -2.10. The quantitative estimate of drug-likeness (QED) is 0.650. The number of aliphatic imine (C=N–C) groups is 1. The highest BCUT2D eigenvalue weighted by Crippen LogP contribution is 2.43. The Hall–Kier alpha value is -1.55. The fraction of sp³-hybridized carbons (Fsp3) is 0.100. The highest BCUT2D eigenvalue weighted by atomic mass is 35.5. The van der Waals surface area contributed by atoms with Crippen molar-refractivity contribution in [1.29, 1.82) is 10.5 Å². The largest absolute Gasteiger partial charge is 0.257 e. The van der Waals surface area contributed by atoms with Gasteiger partial charge in [0.05, 0.1) is 16.8 Å². The average molecular weight is 236 g/mol. The molecule has 0 N–H and O–H groups in total. The molecule has 5 heteroatoms. The van der Waals surface area contributed by atoms with Crippen LogP contribution in [0.3, 0.4) is 0 Å². The smallest absolute Gasteiger partial charge is 0.180 e. The number of hydrogen-bond acceptors (Lipinski definition) is 3. The molecule has 0 unspecified atom stereocenters. The Bertz CT molecular complexity index is 547. The van der Waals surface area contributed by atoms with Crippen LogP contribution in [0.2, 0.25) is 0 Å². The summed E-state index contributed by atoms with van der Waals surface area (Å²) >= 11 is 11.9. The fourth-order valence-electron chi connectivity index (χ4n) is 1.37. The minimum atomic E-state index is -1.20. The van der Waals surface area contributed by atoms with Gasteiger partial charge < -0.3 is 0 Å². The van der Waals surface area contributed by atoms with Gasteiger partial charge in [-0.1, -0.05) is 23.2 Å². The molecule has 0 bridgehead atoms. The molecule has 0 atom stereocenters. The molecule has 2 rings (SSSR count). The SMILES string of the molecule is N#Cc1cc2c(cc1C#N)C(Cl)(Cl)C=N2. The van der Waals surface area contributed by atoms with Crippen molar-refractivity contribution >= 4 is 35.1 Å². The molecule has 0 saturated heterocycles. The topological polar surface area (TPSA) is 59.9 Å². The summed E-state index contributed by atoms with van der Waals surface area (Å²) in [5.41, 5.74) is 1.61. The first-order chi connectivity index (χ1) is 7.08. The van der Waals surface area contributed by atoms with E-state index < -0.39 is 4.33 Å². The zero-order valence-corrected chi connectivity index (χ0v) is 8.84. The van der Waals surface area contributed by atoms with Crippen LogP contribution in [0.15, 0.2) is 17.1 Å². The van der Waals surface area contributed by atoms with Gasteiger partial charge in [0, 0.05) is 11.8 Å². The molecular formula is C10H3Cl2N3. The first kappa shape index (κ1) is 9.98. The third-order valence-electron chi connectivity index (χ3n) is 2.10. The van der Waals surface area contributed by atoms with Gasteiger partial charge in [-0.15, -0.1) is 0 Å². The predicted octanol–water partition coefficient (Wildman–Crippen LogP) is 2.78. The summed E-state index contributed by atoms with van der Waals surface area (Å²) in [5, 5.41) is 17.6. The van der Waals surface area contributed by atoms with Crippen molar-refractivity contribution in [2.45, 2.75) is 4.33 Å². The molecule has 1 aliphatic rings. The number of hydrogen-bond donors (Lipinski definition) is 0. The third kappa shape index (κ3) is 1.47. The molecular weight excluding hydrogens is 233 g/mol. The van der Waals surface area contributed by atoms with E-state index in [2.05, 4.69) is 4.99 Å². The first-order valence-electron chi connectivity index (χ1n) is 4.00. The monoisotopic (exact) mass is 235 g/mol. The molecule has 0 fully saturated rings. The normalized spacial score (nSPS) is 15.5. The fourth-order valence-corrected chi connectivity index (χ4v) is 1.77. The van der Waals surface area contributed by atoms with Crippen molar-refractivity contribution in [1.82, 2.24) is 0 Å². The van der Waals surface area contributed by atoms with Crippen LogP contribution in [0, 0.1) is 22.7 Å². The Morgan fingerprint density at radius 1 is 1.13 bits per heavy atom. The predicted molar refractivity (Wildman–Crippen MR) is 57.4 cm³/mol. The van der Waals surface area contributed by atoms with E-state index in [0.717, 1.165) is 0 Å². The van der Waals surface area contributed by atoms with Crippen LogP contribution in [0.25, 0.3) is 0 Å². The molecule has 0 amide bonds. The second-order valence-corrected chi connectivity index (χ2v) is 4.41. The Morgan fingerprint density at radius 2 is 1.73 bits per heavy atom. The zero-order valence-electron chi connectivity index (χ0n) is 7.33. The first-order valence-corrected chi connectivity index (χ1v) is 4.76. The molecule has 15 heavy (non-hydrogen) atoms. The van der Waals surface area contributed by atoms with Crippen molar-refractivity contribution in [3.05, 3.63) is 28.8 Å².